The third-order valence-corrected chi connectivity index (χ3v) is 3.13. The summed E-state index contributed by atoms with van der Waals surface area (Å²) >= 11 is 0. The molecule has 76 valence electrons. The molecule has 1 unspecified atom stereocenters. The van der Waals surface area contributed by atoms with Gasteiger partial charge in [0.2, 0.25) is 0 Å². The lowest BCUT2D eigenvalue weighted by Crippen LogP contribution is -2.59. The van der Waals surface area contributed by atoms with Crippen LogP contribution in [0.25, 0.3) is 0 Å². The lowest BCUT2D eigenvalue weighted by Gasteiger charge is -2.50. The van der Waals surface area contributed by atoms with Crippen LogP contribution in [0.2, 0.25) is 0 Å². The Bertz CT molecular complexity index is 199. The molecule has 0 aromatic carbocycles. The zero-order valence-corrected chi connectivity index (χ0v) is 8.16. The fraction of sp³-hybridized carbons (Fsp3) is 0.889. The summed E-state index contributed by atoms with van der Waals surface area (Å²) < 4.78 is 0. The monoisotopic (exact) mass is 187 g/mol. The number of hydrogen-bond donors (Lipinski definition) is 2. The van der Waals surface area contributed by atoms with Crippen LogP contribution in [0.3, 0.4) is 0 Å². The number of carboxylic acids is 1. The molecule has 1 aliphatic rings. The summed E-state index contributed by atoms with van der Waals surface area (Å²) in [5, 5.41) is 18.2. The molecule has 0 saturated heterocycles. The molecular weight excluding hydrogens is 170 g/mol. The molecule has 0 aliphatic heterocycles. The number of aliphatic hydroxyl groups is 1. The van der Waals surface area contributed by atoms with E-state index in [-0.39, 0.29) is 12.1 Å². The second-order valence-electron chi connectivity index (χ2n) is 3.88. The molecule has 1 saturated carbocycles. The second-order valence-corrected chi connectivity index (χ2v) is 3.88. The number of aliphatic hydroxyl groups excluding tert-OH is 1. The predicted molar refractivity (Wildman–Crippen MR) is 48.5 cm³/mol. The molecule has 1 fully saturated rings. The van der Waals surface area contributed by atoms with Crippen LogP contribution in [0.5, 0.6) is 0 Å². The van der Waals surface area contributed by atoms with E-state index in [1.54, 1.807) is 18.9 Å². The molecule has 1 rings (SSSR count). The number of aliphatic carboxylic acids is 1. The topological polar surface area (TPSA) is 60.8 Å². The van der Waals surface area contributed by atoms with Gasteiger partial charge in [-0.15, -0.1) is 0 Å². The van der Waals surface area contributed by atoms with Gasteiger partial charge in [0.15, 0.2) is 0 Å². The Labute approximate surface area is 78.2 Å². The van der Waals surface area contributed by atoms with Gasteiger partial charge in [0, 0.05) is 5.54 Å². The zero-order chi connectivity index (χ0) is 10.1. The first-order valence-corrected chi connectivity index (χ1v) is 4.60. The Hall–Kier alpha value is -0.610. The van der Waals surface area contributed by atoms with Gasteiger partial charge < -0.3 is 10.2 Å². The Kier molecular flexibility index (Phi) is 2.93. The summed E-state index contributed by atoms with van der Waals surface area (Å²) in [5.41, 5.74) is -0.279. The Morgan fingerprint density at radius 3 is 2.38 bits per heavy atom. The maximum absolute atomic E-state index is 10.5. The quantitative estimate of drug-likeness (QED) is 0.665. The van der Waals surface area contributed by atoms with Crippen LogP contribution in [0.15, 0.2) is 0 Å². The van der Waals surface area contributed by atoms with E-state index >= 15 is 0 Å². The summed E-state index contributed by atoms with van der Waals surface area (Å²) in [6.45, 7) is 1.74. The van der Waals surface area contributed by atoms with E-state index in [2.05, 4.69) is 0 Å². The molecule has 0 bridgehead atoms. The molecule has 13 heavy (non-hydrogen) atoms. The van der Waals surface area contributed by atoms with E-state index in [0.29, 0.717) is 0 Å². The standard InChI is InChI=1S/C9H17NO3/c1-7(11)9(4-3-5-9)10(2)6-8(12)13/h7,11H,3-6H2,1-2H3,(H,12,13). The minimum absolute atomic E-state index is 0.00486. The second kappa shape index (κ2) is 3.64. The van der Waals surface area contributed by atoms with Crippen molar-refractivity contribution in [2.24, 2.45) is 0 Å². The number of likely N-dealkylation sites (N-methyl/N-ethyl adjacent to an activating group) is 1. The summed E-state index contributed by atoms with van der Waals surface area (Å²) in [6.07, 6.45) is 2.42. The van der Waals surface area contributed by atoms with Crippen molar-refractivity contribution in [3.8, 4) is 0 Å². The fourth-order valence-electron chi connectivity index (χ4n) is 2.02. The molecule has 0 aromatic rings. The zero-order valence-electron chi connectivity index (χ0n) is 8.16. The van der Waals surface area contributed by atoms with Crippen molar-refractivity contribution in [3.05, 3.63) is 0 Å². The largest absolute Gasteiger partial charge is 0.480 e. The molecule has 4 nitrogen and oxygen atoms in total. The van der Waals surface area contributed by atoms with Crippen molar-refractivity contribution in [1.82, 2.24) is 4.90 Å². The van der Waals surface area contributed by atoms with E-state index in [9.17, 15) is 9.90 Å². The van der Waals surface area contributed by atoms with Gasteiger partial charge in [-0.3, -0.25) is 9.69 Å². The summed E-state index contributed by atoms with van der Waals surface area (Å²) in [7, 11) is 1.76. The van der Waals surface area contributed by atoms with E-state index < -0.39 is 12.1 Å². The number of rotatable bonds is 4. The van der Waals surface area contributed by atoms with Gasteiger partial charge in [-0.1, -0.05) is 0 Å². The van der Waals surface area contributed by atoms with Gasteiger partial charge in [0.25, 0.3) is 0 Å². The number of carbonyl (C=O) groups is 1. The Morgan fingerprint density at radius 2 is 2.15 bits per heavy atom. The van der Waals surface area contributed by atoms with Gasteiger partial charge in [0.1, 0.15) is 0 Å². The van der Waals surface area contributed by atoms with Crippen molar-refractivity contribution < 1.29 is 15.0 Å². The molecule has 0 amide bonds. The van der Waals surface area contributed by atoms with Gasteiger partial charge in [-0.2, -0.15) is 0 Å². The Balaban J connectivity index is 2.60. The molecule has 2 N–H and O–H groups in total. The number of carboxylic acid groups (broad SMARTS) is 1. The molecule has 0 aromatic heterocycles. The highest BCUT2D eigenvalue weighted by atomic mass is 16.4. The normalized spacial score (nSPS) is 22.5. The molecule has 1 aliphatic carbocycles. The van der Waals surface area contributed by atoms with Crippen LogP contribution in [0, 0.1) is 0 Å². The summed E-state index contributed by atoms with van der Waals surface area (Å²) in [4.78, 5) is 12.2. The van der Waals surface area contributed by atoms with Crippen LogP contribution in [-0.2, 0) is 4.79 Å². The third-order valence-electron chi connectivity index (χ3n) is 3.13. The maximum atomic E-state index is 10.5. The lowest BCUT2D eigenvalue weighted by atomic mass is 9.72. The van der Waals surface area contributed by atoms with Gasteiger partial charge in [0.05, 0.1) is 12.6 Å². The van der Waals surface area contributed by atoms with E-state index in [1.165, 1.54) is 0 Å². The first-order valence-electron chi connectivity index (χ1n) is 4.60. The fourth-order valence-corrected chi connectivity index (χ4v) is 2.02. The molecular formula is C9H17NO3. The van der Waals surface area contributed by atoms with Crippen LogP contribution >= 0.6 is 0 Å². The summed E-state index contributed by atoms with van der Waals surface area (Å²) in [6, 6.07) is 0. The van der Waals surface area contributed by atoms with Crippen molar-refractivity contribution in [3.63, 3.8) is 0 Å². The maximum Gasteiger partial charge on any atom is 0.317 e. The highest BCUT2D eigenvalue weighted by Gasteiger charge is 2.45. The predicted octanol–water partition coefficient (Wildman–Crippen LogP) is 0.306. The first-order chi connectivity index (χ1) is 5.99. The van der Waals surface area contributed by atoms with Crippen molar-refractivity contribution in [2.75, 3.05) is 13.6 Å². The smallest absolute Gasteiger partial charge is 0.317 e. The van der Waals surface area contributed by atoms with Gasteiger partial charge >= 0.3 is 5.97 Å². The van der Waals surface area contributed by atoms with Crippen molar-refractivity contribution in [1.29, 1.82) is 0 Å². The lowest BCUT2D eigenvalue weighted by molar-refractivity contribution is -0.143. The minimum Gasteiger partial charge on any atom is -0.480 e. The SMILES string of the molecule is CC(O)C1(N(C)CC(=O)O)CCC1. The molecule has 0 spiro atoms. The average molecular weight is 187 g/mol. The Morgan fingerprint density at radius 1 is 1.62 bits per heavy atom. The number of hydrogen-bond acceptors (Lipinski definition) is 3. The van der Waals surface area contributed by atoms with Gasteiger partial charge in [-0.05, 0) is 33.2 Å². The van der Waals surface area contributed by atoms with Crippen LogP contribution < -0.4 is 0 Å². The summed E-state index contributed by atoms with van der Waals surface area (Å²) in [5.74, 6) is -0.838. The van der Waals surface area contributed by atoms with Crippen molar-refractivity contribution >= 4 is 5.97 Å². The van der Waals surface area contributed by atoms with Crippen LogP contribution in [-0.4, -0.2) is 46.3 Å². The molecule has 0 radical (unpaired) electrons. The third kappa shape index (κ3) is 1.84. The highest BCUT2D eigenvalue weighted by Crippen LogP contribution is 2.39. The molecule has 1 atom stereocenters. The first kappa shape index (κ1) is 10.5. The molecule has 0 heterocycles. The van der Waals surface area contributed by atoms with Crippen LogP contribution in [0.4, 0.5) is 0 Å². The van der Waals surface area contributed by atoms with Gasteiger partial charge in [-0.25, -0.2) is 0 Å². The van der Waals surface area contributed by atoms with E-state index in [0.717, 1.165) is 19.3 Å². The van der Waals surface area contributed by atoms with E-state index in [1.807, 2.05) is 0 Å². The highest BCUT2D eigenvalue weighted by molar-refractivity contribution is 5.69. The van der Waals surface area contributed by atoms with Crippen molar-refractivity contribution in [2.45, 2.75) is 37.8 Å². The minimum atomic E-state index is -0.838. The van der Waals surface area contributed by atoms with Crippen LogP contribution in [0.1, 0.15) is 26.2 Å². The van der Waals surface area contributed by atoms with E-state index in [4.69, 9.17) is 5.11 Å². The average Bonchev–Trinajstić information content (AvgIpc) is 1.79. The number of nitrogens with zero attached hydrogens (tertiary/aromatic N) is 1. The molecule has 4 heteroatoms.